The number of hydrogen-bond acceptors (Lipinski definition) is 4. The van der Waals surface area contributed by atoms with Gasteiger partial charge in [0.05, 0.1) is 18.2 Å². The molecule has 0 radical (unpaired) electrons. The van der Waals surface area contributed by atoms with Crippen LogP contribution in [0.5, 0.6) is 5.75 Å². The summed E-state index contributed by atoms with van der Waals surface area (Å²) in [6, 6.07) is 14.0. The summed E-state index contributed by atoms with van der Waals surface area (Å²) in [6.45, 7) is 0.381. The lowest BCUT2D eigenvalue weighted by molar-refractivity contribution is -0.116. The van der Waals surface area contributed by atoms with Crippen LogP contribution >= 0.6 is 0 Å². The predicted octanol–water partition coefficient (Wildman–Crippen LogP) is 3.49. The van der Waals surface area contributed by atoms with Crippen molar-refractivity contribution >= 4 is 23.4 Å². The molecule has 2 aromatic carbocycles. The second kappa shape index (κ2) is 8.49. The Balaban J connectivity index is 1.38. The summed E-state index contributed by atoms with van der Waals surface area (Å²) in [7, 11) is 1.59. The number of fused-ring (bicyclic) bond motifs is 1. The number of amides is 3. The lowest BCUT2D eigenvalue weighted by Gasteiger charge is -2.13. The van der Waals surface area contributed by atoms with Crippen LogP contribution in [0.4, 0.5) is 5.69 Å². The van der Waals surface area contributed by atoms with Crippen molar-refractivity contribution in [1.82, 2.24) is 4.90 Å². The molecule has 3 amide bonds. The minimum absolute atomic E-state index is 0.0547. The largest absolute Gasteiger partial charge is 0.497 e. The highest BCUT2D eigenvalue weighted by atomic mass is 16.5. The maximum absolute atomic E-state index is 12.3. The van der Waals surface area contributed by atoms with Crippen LogP contribution in [0, 0.1) is 0 Å². The zero-order valence-corrected chi connectivity index (χ0v) is 15.2. The third-order valence-corrected chi connectivity index (χ3v) is 4.54. The Hall–Kier alpha value is -3.15. The maximum Gasteiger partial charge on any atom is 0.261 e. The molecule has 0 unspecified atom stereocenters. The number of carbonyl (C=O) groups is 3. The molecule has 1 aliphatic heterocycles. The van der Waals surface area contributed by atoms with Gasteiger partial charge in [-0.1, -0.05) is 18.6 Å². The Kier molecular flexibility index (Phi) is 5.86. The molecule has 0 fully saturated rings. The van der Waals surface area contributed by atoms with Gasteiger partial charge in [0.2, 0.25) is 5.91 Å². The van der Waals surface area contributed by atoms with E-state index < -0.39 is 0 Å². The number of unbranched alkanes of at least 4 members (excludes halogenated alkanes) is 2. The molecule has 0 saturated carbocycles. The topological polar surface area (TPSA) is 75.7 Å². The average Bonchev–Trinajstić information content (AvgIpc) is 2.93. The lowest BCUT2D eigenvalue weighted by atomic mass is 10.1. The van der Waals surface area contributed by atoms with E-state index in [0.29, 0.717) is 36.9 Å². The van der Waals surface area contributed by atoms with E-state index in [9.17, 15) is 14.4 Å². The van der Waals surface area contributed by atoms with Gasteiger partial charge in [-0.15, -0.1) is 0 Å². The maximum atomic E-state index is 12.3. The van der Waals surface area contributed by atoms with Crippen LogP contribution in [0.2, 0.25) is 0 Å². The van der Waals surface area contributed by atoms with E-state index in [1.807, 2.05) is 0 Å². The quantitative estimate of drug-likeness (QED) is 0.573. The van der Waals surface area contributed by atoms with Crippen LogP contribution in [-0.4, -0.2) is 36.3 Å². The fourth-order valence-electron chi connectivity index (χ4n) is 3.07. The number of rotatable bonds is 8. The highest BCUT2D eigenvalue weighted by Gasteiger charge is 2.34. The second-order valence-corrected chi connectivity index (χ2v) is 6.39. The number of imide groups is 1. The number of benzene rings is 2. The van der Waals surface area contributed by atoms with E-state index >= 15 is 0 Å². The molecule has 2 aromatic rings. The molecular weight excluding hydrogens is 344 g/mol. The molecule has 0 bridgehead atoms. The Bertz CT molecular complexity index is 811. The van der Waals surface area contributed by atoms with Gasteiger partial charge in [-0.25, -0.2) is 0 Å². The first-order valence-corrected chi connectivity index (χ1v) is 8.99. The van der Waals surface area contributed by atoms with E-state index in [-0.39, 0.29) is 17.7 Å². The van der Waals surface area contributed by atoms with Crippen molar-refractivity contribution in [3.8, 4) is 5.75 Å². The number of anilines is 1. The molecule has 0 aromatic heterocycles. The Morgan fingerprint density at radius 1 is 0.926 bits per heavy atom. The summed E-state index contributed by atoms with van der Waals surface area (Å²) in [5.74, 6) is 0.225. The zero-order chi connectivity index (χ0) is 19.2. The number of hydrogen-bond donors (Lipinski definition) is 1. The van der Waals surface area contributed by atoms with Crippen LogP contribution in [0.1, 0.15) is 46.4 Å². The van der Waals surface area contributed by atoms with Gasteiger partial charge in [0.25, 0.3) is 11.8 Å². The predicted molar refractivity (Wildman–Crippen MR) is 102 cm³/mol. The molecule has 27 heavy (non-hydrogen) atoms. The van der Waals surface area contributed by atoms with Gasteiger partial charge in [0.1, 0.15) is 5.75 Å². The van der Waals surface area contributed by atoms with Gasteiger partial charge in [0, 0.05) is 18.7 Å². The Morgan fingerprint density at radius 3 is 2.15 bits per heavy atom. The fourth-order valence-corrected chi connectivity index (χ4v) is 3.07. The summed E-state index contributed by atoms with van der Waals surface area (Å²) >= 11 is 0. The monoisotopic (exact) mass is 366 g/mol. The highest BCUT2D eigenvalue weighted by Crippen LogP contribution is 2.23. The first-order chi connectivity index (χ1) is 13.1. The second-order valence-electron chi connectivity index (χ2n) is 6.39. The van der Waals surface area contributed by atoms with Gasteiger partial charge in [0.15, 0.2) is 0 Å². The molecule has 0 aliphatic carbocycles. The van der Waals surface area contributed by atoms with E-state index in [1.165, 1.54) is 4.90 Å². The van der Waals surface area contributed by atoms with Gasteiger partial charge in [-0.05, 0) is 49.2 Å². The standard InChI is InChI=1S/C21H22N2O4/c1-27-16-12-10-15(11-13-16)22-19(24)9-3-2-6-14-23-20(25)17-7-4-5-8-18(17)21(23)26/h4-5,7-8,10-13H,2-3,6,9,14H2,1H3,(H,22,24). The van der Waals surface area contributed by atoms with Gasteiger partial charge >= 0.3 is 0 Å². The summed E-state index contributed by atoms with van der Waals surface area (Å²) in [5.41, 5.74) is 1.68. The van der Waals surface area contributed by atoms with Gasteiger partial charge in [-0.2, -0.15) is 0 Å². The number of carbonyl (C=O) groups excluding carboxylic acids is 3. The van der Waals surface area contributed by atoms with Crippen LogP contribution in [0.25, 0.3) is 0 Å². The number of ether oxygens (including phenoxy) is 1. The summed E-state index contributed by atoms with van der Waals surface area (Å²) in [5, 5.41) is 2.84. The zero-order valence-electron chi connectivity index (χ0n) is 15.2. The first-order valence-electron chi connectivity index (χ1n) is 8.99. The molecule has 0 atom stereocenters. The molecule has 1 aliphatic rings. The fraction of sp³-hybridized carbons (Fsp3) is 0.286. The van der Waals surface area contributed by atoms with E-state index in [1.54, 1.807) is 55.6 Å². The minimum Gasteiger partial charge on any atom is -0.497 e. The van der Waals surface area contributed by atoms with Crippen molar-refractivity contribution in [3.63, 3.8) is 0 Å². The van der Waals surface area contributed by atoms with Crippen molar-refractivity contribution in [2.45, 2.75) is 25.7 Å². The lowest BCUT2D eigenvalue weighted by Crippen LogP contribution is -2.30. The SMILES string of the molecule is COc1ccc(NC(=O)CCCCCN2C(=O)c3ccccc3C2=O)cc1. The van der Waals surface area contributed by atoms with Crippen LogP contribution in [-0.2, 0) is 4.79 Å². The molecule has 6 heteroatoms. The van der Waals surface area contributed by atoms with Crippen molar-refractivity contribution in [3.05, 3.63) is 59.7 Å². The van der Waals surface area contributed by atoms with E-state index in [4.69, 9.17) is 4.74 Å². The normalized spacial score (nSPS) is 12.9. The summed E-state index contributed by atoms with van der Waals surface area (Å²) in [6.07, 6.45) is 2.55. The van der Waals surface area contributed by atoms with E-state index in [0.717, 1.165) is 17.9 Å². The molecule has 1 N–H and O–H groups in total. The average molecular weight is 366 g/mol. The molecule has 0 saturated heterocycles. The Morgan fingerprint density at radius 2 is 1.56 bits per heavy atom. The van der Waals surface area contributed by atoms with E-state index in [2.05, 4.69) is 5.32 Å². The molecule has 1 heterocycles. The number of methoxy groups -OCH3 is 1. The highest BCUT2D eigenvalue weighted by molar-refractivity contribution is 6.21. The molecule has 0 spiro atoms. The summed E-state index contributed by atoms with van der Waals surface area (Å²) < 4.78 is 5.08. The van der Waals surface area contributed by atoms with Crippen molar-refractivity contribution in [2.75, 3.05) is 19.0 Å². The van der Waals surface area contributed by atoms with Crippen LogP contribution in [0.15, 0.2) is 48.5 Å². The molecule has 140 valence electrons. The third-order valence-electron chi connectivity index (χ3n) is 4.54. The van der Waals surface area contributed by atoms with Crippen molar-refractivity contribution in [1.29, 1.82) is 0 Å². The minimum atomic E-state index is -0.229. The van der Waals surface area contributed by atoms with Gasteiger partial charge < -0.3 is 10.1 Å². The van der Waals surface area contributed by atoms with Crippen LogP contribution in [0.3, 0.4) is 0 Å². The van der Waals surface area contributed by atoms with Crippen molar-refractivity contribution in [2.24, 2.45) is 0 Å². The third kappa shape index (κ3) is 4.34. The number of nitrogens with one attached hydrogen (secondary N) is 1. The van der Waals surface area contributed by atoms with Crippen molar-refractivity contribution < 1.29 is 19.1 Å². The Labute approximate surface area is 158 Å². The smallest absolute Gasteiger partial charge is 0.261 e. The van der Waals surface area contributed by atoms with Gasteiger partial charge in [-0.3, -0.25) is 19.3 Å². The molecule has 6 nitrogen and oxygen atoms in total. The van der Waals surface area contributed by atoms with Crippen LogP contribution < -0.4 is 10.1 Å². The number of nitrogens with zero attached hydrogens (tertiary/aromatic N) is 1. The summed E-state index contributed by atoms with van der Waals surface area (Å²) in [4.78, 5) is 37.8. The molecule has 3 rings (SSSR count). The molecular formula is C21H22N2O4. The first kappa shape index (κ1) is 18.6.